The van der Waals surface area contributed by atoms with Gasteiger partial charge in [0, 0.05) is 36.6 Å². The van der Waals surface area contributed by atoms with Crippen LogP contribution in [0, 0.1) is 11.8 Å². The first-order valence-corrected chi connectivity index (χ1v) is 9.67. The molecule has 1 aromatic rings. The topological polar surface area (TPSA) is 57.7 Å². The predicted molar refractivity (Wildman–Crippen MR) is 86.8 cm³/mol. The molecule has 2 atom stereocenters. The minimum absolute atomic E-state index is 0.160. The summed E-state index contributed by atoms with van der Waals surface area (Å²) < 4.78 is 27.4. The maximum atomic E-state index is 12.6. The molecule has 7 heteroatoms. The molecule has 2 aliphatic rings. The van der Waals surface area contributed by atoms with Crippen molar-refractivity contribution in [1.82, 2.24) is 9.21 Å². The van der Waals surface area contributed by atoms with E-state index in [1.54, 1.807) is 29.2 Å². The minimum atomic E-state index is -3.48. The van der Waals surface area contributed by atoms with E-state index >= 15 is 0 Å². The Morgan fingerprint density at radius 1 is 1.23 bits per heavy atom. The zero-order valence-corrected chi connectivity index (χ0v) is 14.8. The van der Waals surface area contributed by atoms with E-state index in [9.17, 15) is 13.2 Å². The van der Waals surface area contributed by atoms with Crippen LogP contribution in [0.3, 0.4) is 0 Å². The molecule has 0 unspecified atom stereocenters. The normalized spacial score (nSPS) is 26.0. The zero-order chi connectivity index (χ0) is 15.9. The van der Waals surface area contributed by atoms with Gasteiger partial charge in [0.2, 0.25) is 15.9 Å². The highest BCUT2D eigenvalue weighted by Crippen LogP contribution is 2.39. The molecule has 0 radical (unpaired) electrons. The second-order valence-corrected chi connectivity index (χ2v) is 8.86. The number of amides is 1. The van der Waals surface area contributed by atoms with Crippen LogP contribution in [-0.2, 0) is 14.8 Å². The van der Waals surface area contributed by atoms with Crippen LogP contribution in [0.15, 0.2) is 33.6 Å². The van der Waals surface area contributed by atoms with Crippen molar-refractivity contribution in [1.29, 1.82) is 0 Å². The lowest BCUT2D eigenvalue weighted by Crippen LogP contribution is -2.51. The summed E-state index contributed by atoms with van der Waals surface area (Å²) in [6, 6.07) is 6.72. The smallest absolute Gasteiger partial charge is 0.243 e. The Morgan fingerprint density at radius 2 is 1.86 bits per heavy atom. The Labute approximate surface area is 139 Å². The average Bonchev–Trinajstić information content (AvgIpc) is 3.23. The maximum absolute atomic E-state index is 12.6. The van der Waals surface area contributed by atoms with Crippen LogP contribution in [0.4, 0.5) is 0 Å². The number of hydrogen-bond acceptors (Lipinski definition) is 3. The van der Waals surface area contributed by atoms with E-state index in [2.05, 4.69) is 22.9 Å². The van der Waals surface area contributed by atoms with E-state index in [1.807, 2.05) is 0 Å². The molecule has 120 valence electrons. The van der Waals surface area contributed by atoms with Crippen molar-refractivity contribution in [3.8, 4) is 0 Å². The fourth-order valence-electron chi connectivity index (χ4n) is 2.83. The molecule has 1 aliphatic heterocycles. The standard InChI is InChI=1S/C15H19BrN2O3S/c1-11-9-14(11)15(19)17-5-7-18(8-6-17)22(20,21)13-4-2-3-12(16)10-13/h2-4,10-11,14H,5-9H2,1H3/t11-,14-/m1/s1. The van der Waals surface area contributed by atoms with Gasteiger partial charge in [-0.25, -0.2) is 8.42 Å². The lowest BCUT2D eigenvalue weighted by molar-refractivity contribution is -0.134. The van der Waals surface area contributed by atoms with Crippen molar-refractivity contribution in [2.75, 3.05) is 26.2 Å². The van der Waals surface area contributed by atoms with Crippen molar-refractivity contribution in [2.24, 2.45) is 11.8 Å². The number of rotatable bonds is 3. The van der Waals surface area contributed by atoms with E-state index < -0.39 is 10.0 Å². The van der Waals surface area contributed by atoms with Crippen LogP contribution in [0.2, 0.25) is 0 Å². The molecule has 3 rings (SSSR count). The molecule has 1 amide bonds. The molecule has 1 saturated carbocycles. The second kappa shape index (κ2) is 5.94. The number of carbonyl (C=O) groups excluding carboxylic acids is 1. The predicted octanol–water partition coefficient (Wildman–Crippen LogP) is 1.94. The van der Waals surface area contributed by atoms with Crippen LogP contribution in [-0.4, -0.2) is 49.7 Å². The summed E-state index contributed by atoms with van der Waals surface area (Å²) in [6.45, 7) is 3.77. The van der Waals surface area contributed by atoms with Gasteiger partial charge >= 0.3 is 0 Å². The summed E-state index contributed by atoms with van der Waals surface area (Å²) in [5.41, 5.74) is 0. The fraction of sp³-hybridized carbons (Fsp3) is 0.533. The van der Waals surface area contributed by atoms with E-state index in [0.29, 0.717) is 32.1 Å². The average molecular weight is 387 g/mol. The summed E-state index contributed by atoms with van der Waals surface area (Å²) in [4.78, 5) is 14.3. The largest absolute Gasteiger partial charge is 0.340 e. The molecule has 1 heterocycles. The Hall–Kier alpha value is -0.920. The zero-order valence-electron chi connectivity index (χ0n) is 12.4. The number of hydrogen-bond donors (Lipinski definition) is 0. The fourth-order valence-corrected chi connectivity index (χ4v) is 4.85. The first kappa shape index (κ1) is 16.0. The molecular formula is C15H19BrN2O3S. The molecule has 2 fully saturated rings. The first-order chi connectivity index (χ1) is 10.4. The number of carbonyl (C=O) groups is 1. The summed E-state index contributed by atoms with van der Waals surface area (Å²) >= 11 is 3.30. The van der Waals surface area contributed by atoms with E-state index in [4.69, 9.17) is 0 Å². The maximum Gasteiger partial charge on any atom is 0.243 e. The molecule has 5 nitrogen and oxygen atoms in total. The van der Waals surface area contributed by atoms with Gasteiger partial charge in [-0.1, -0.05) is 28.9 Å². The minimum Gasteiger partial charge on any atom is -0.340 e. The molecule has 1 aromatic carbocycles. The number of piperazine rings is 1. The first-order valence-electron chi connectivity index (χ1n) is 7.44. The molecule has 0 bridgehead atoms. The van der Waals surface area contributed by atoms with Crippen LogP contribution in [0.5, 0.6) is 0 Å². The number of halogens is 1. The van der Waals surface area contributed by atoms with Gasteiger partial charge in [-0.2, -0.15) is 4.31 Å². The monoisotopic (exact) mass is 386 g/mol. The van der Waals surface area contributed by atoms with Gasteiger partial charge in [0.05, 0.1) is 4.90 Å². The van der Waals surface area contributed by atoms with Crippen LogP contribution in [0.1, 0.15) is 13.3 Å². The number of benzene rings is 1. The molecule has 22 heavy (non-hydrogen) atoms. The molecular weight excluding hydrogens is 368 g/mol. The van der Waals surface area contributed by atoms with Crippen molar-refractivity contribution >= 4 is 31.9 Å². The highest BCUT2D eigenvalue weighted by atomic mass is 79.9. The number of sulfonamides is 1. The van der Waals surface area contributed by atoms with Crippen LogP contribution < -0.4 is 0 Å². The van der Waals surface area contributed by atoms with E-state index in [1.165, 1.54) is 4.31 Å². The lowest BCUT2D eigenvalue weighted by atomic mass is 10.2. The van der Waals surface area contributed by atoms with Gasteiger partial charge in [-0.3, -0.25) is 4.79 Å². The van der Waals surface area contributed by atoms with Gasteiger partial charge < -0.3 is 4.90 Å². The number of nitrogens with zero attached hydrogens (tertiary/aromatic N) is 2. The van der Waals surface area contributed by atoms with Crippen molar-refractivity contribution < 1.29 is 13.2 Å². The molecule has 1 aliphatic carbocycles. The van der Waals surface area contributed by atoms with Gasteiger partial charge in [-0.15, -0.1) is 0 Å². The Kier molecular flexibility index (Phi) is 4.31. The van der Waals surface area contributed by atoms with E-state index in [-0.39, 0.29) is 16.7 Å². The SMILES string of the molecule is C[C@@H]1C[C@H]1C(=O)N1CCN(S(=O)(=O)c2cccc(Br)c2)CC1. The van der Waals surface area contributed by atoms with Gasteiger partial charge in [-0.05, 0) is 30.5 Å². The quantitative estimate of drug-likeness (QED) is 0.797. The molecule has 1 saturated heterocycles. The molecule has 0 N–H and O–H groups in total. The third kappa shape index (κ3) is 3.07. The van der Waals surface area contributed by atoms with Crippen molar-refractivity contribution in [3.63, 3.8) is 0 Å². The summed E-state index contributed by atoms with van der Waals surface area (Å²) in [7, 11) is -3.48. The molecule has 0 spiro atoms. The highest BCUT2D eigenvalue weighted by molar-refractivity contribution is 9.10. The summed E-state index contributed by atoms with van der Waals surface area (Å²) in [5, 5.41) is 0. The summed E-state index contributed by atoms with van der Waals surface area (Å²) in [6.07, 6.45) is 0.968. The Balaban J connectivity index is 1.67. The van der Waals surface area contributed by atoms with Gasteiger partial charge in [0.15, 0.2) is 0 Å². The Bertz CT molecular complexity index is 684. The third-order valence-electron chi connectivity index (χ3n) is 4.41. The van der Waals surface area contributed by atoms with Crippen molar-refractivity contribution in [3.05, 3.63) is 28.7 Å². The molecule has 0 aromatic heterocycles. The van der Waals surface area contributed by atoms with Crippen LogP contribution >= 0.6 is 15.9 Å². The lowest BCUT2D eigenvalue weighted by Gasteiger charge is -2.34. The third-order valence-corrected chi connectivity index (χ3v) is 6.80. The Morgan fingerprint density at radius 3 is 2.41 bits per heavy atom. The van der Waals surface area contributed by atoms with E-state index in [0.717, 1.165) is 10.9 Å². The van der Waals surface area contributed by atoms with Crippen molar-refractivity contribution in [2.45, 2.75) is 18.2 Å². The van der Waals surface area contributed by atoms with Crippen LogP contribution in [0.25, 0.3) is 0 Å². The van der Waals surface area contributed by atoms with Gasteiger partial charge in [0.1, 0.15) is 0 Å². The summed E-state index contributed by atoms with van der Waals surface area (Å²) in [5.74, 6) is 0.830. The second-order valence-electron chi connectivity index (χ2n) is 6.01. The van der Waals surface area contributed by atoms with Gasteiger partial charge in [0.25, 0.3) is 0 Å². The highest BCUT2D eigenvalue weighted by Gasteiger charge is 2.42.